The maximum absolute atomic E-state index is 12.1. The van der Waals surface area contributed by atoms with Gasteiger partial charge in [-0.3, -0.25) is 0 Å². The Morgan fingerprint density at radius 2 is 1.85 bits per heavy atom. The summed E-state index contributed by atoms with van der Waals surface area (Å²) in [6, 6.07) is 7.69. The highest BCUT2D eigenvalue weighted by atomic mass is 16.3. The Hall–Kier alpha value is -2.54. The maximum atomic E-state index is 12.1. The zero-order chi connectivity index (χ0) is 23.3. The number of pyridine rings is 1. The van der Waals surface area contributed by atoms with Crippen molar-refractivity contribution in [2.24, 2.45) is 0 Å². The normalized spacial score (nSPS) is 23.1. The van der Waals surface area contributed by atoms with Crippen LogP contribution in [0.3, 0.4) is 0 Å². The number of carbonyl (C=O) groups excluding carboxylic acids is 1. The van der Waals surface area contributed by atoms with Crippen molar-refractivity contribution in [3.8, 4) is 5.88 Å². The minimum Gasteiger partial charge on any atom is -0.493 e. The lowest BCUT2D eigenvalue weighted by Gasteiger charge is -2.41. The average molecular weight is 466 g/mol. The molecule has 184 valence electrons. The predicted molar refractivity (Wildman–Crippen MR) is 137 cm³/mol. The standard InChI is InChI=1S/C27H39N5O2/c33-26-23-8-4-9-24-25(23)19(18-30-26)14-17-32(24)22-12-10-20(11-13-22)28-15-5-16-29-27(34)31-21-6-2-1-3-7-21/h4,8-9,18,20-22,28H,1-3,5-7,10-17H2,(H,30,33)(H2,29,31,34). The minimum atomic E-state index is -0.00497. The topological polar surface area (TPSA) is 89.5 Å². The number of nitrogens with one attached hydrogen (secondary N) is 3. The first kappa shape index (κ1) is 23.2. The van der Waals surface area contributed by atoms with Gasteiger partial charge in [-0.15, -0.1) is 0 Å². The Bertz CT molecular complexity index is 982. The second-order valence-electron chi connectivity index (χ2n) is 10.3. The second kappa shape index (κ2) is 10.8. The summed E-state index contributed by atoms with van der Waals surface area (Å²) in [6.07, 6.45) is 14.5. The monoisotopic (exact) mass is 465 g/mol. The largest absolute Gasteiger partial charge is 0.493 e. The zero-order valence-corrected chi connectivity index (χ0v) is 20.2. The van der Waals surface area contributed by atoms with Crippen molar-refractivity contribution >= 4 is 22.5 Å². The second-order valence-corrected chi connectivity index (χ2v) is 10.3. The molecule has 0 atom stereocenters. The summed E-state index contributed by atoms with van der Waals surface area (Å²) < 4.78 is 0. The molecule has 2 saturated carbocycles. The Balaban J connectivity index is 1.04. The third-order valence-electron chi connectivity index (χ3n) is 8.03. The Kier molecular flexibility index (Phi) is 7.38. The van der Waals surface area contributed by atoms with Gasteiger partial charge in [-0.25, -0.2) is 9.78 Å². The van der Waals surface area contributed by atoms with E-state index in [1.807, 2.05) is 18.3 Å². The fourth-order valence-electron chi connectivity index (χ4n) is 6.18. The Morgan fingerprint density at radius 1 is 1.03 bits per heavy atom. The van der Waals surface area contributed by atoms with Gasteiger partial charge in [-0.05, 0) is 75.6 Å². The van der Waals surface area contributed by atoms with E-state index >= 15 is 0 Å². The fraction of sp³-hybridized carbons (Fsp3) is 0.630. The molecule has 2 heterocycles. The molecular formula is C27H39N5O2. The molecule has 0 unspecified atom stereocenters. The number of rotatable bonds is 7. The number of benzene rings is 1. The molecule has 34 heavy (non-hydrogen) atoms. The van der Waals surface area contributed by atoms with Crippen LogP contribution in [0.5, 0.6) is 5.88 Å². The summed E-state index contributed by atoms with van der Waals surface area (Å²) in [5.41, 5.74) is 2.50. The summed E-state index contributed by atoms with van der Waals surface area (Å²) in [5.74, 6) is 0.135. The fourth-order valence-corrected chi connectivity index (χ4v) is 6.18. The van der Waals surface area contributed by atoms with Gasteiger partial charge in [0.1, 0.15) is 0 Å². The third-order valence-corrected chi connectivity index (χ3v) is 8.03. The van der Waals surface area contributed by atoms with Crippen LogP contribution in [0.1, 0.15) is 69.8 Å². The van der Waals surface area contributed by atoms with Crippen LogP contribution in [-0.2, 0) is 6.42 Å². The highest BCUT2D eigenvalue weighted by Gasteiger charge is 2.29. The van der Waals surface area contributed by atoms with E-state index in [1.165, 1.54) is 61.6 Å². The van der Waals surface area contributed by atoms with E-state index in [-0.39, 0.29) is 11.9 Å². The number of aromatic nitrogens is 1. The van der Waals surface area contributed by atoms with E-state index in [1.54, 1.807) is 0 Å². The van der Waals surface area contributed by atoms with Crippen LogP contribution in [0.4, 0.5) is 10.5 Å². The molecule has 0 spiro atoms. The van der Waals surface area contributed by atoms with Gasteiger partial charge in [0, 0.05) is 53.9 Å². The Morgan fingerprint density at radius 3 is 2.68 bits per heavy atom. The molecule has 7 heteroatoms. The van der Waals surface area contributed by atoms with Gasteiger partial charge in [0.2, 0.25) is 5.88 Å². The molecular weight excluding hydrogens is 426 g/mol. The molecule has 5 rings (SSSR count). The van der Waals surface area contributed by atoms with E-state index in [0.29, 0.717) is 18.1 Å². The highest BCUT2D eigenvalue weighted by molar-refractivity contribution is 6.00. The van der Waals surface area contributed by atoms with Crippen molar-refractivity contribution in [1.82, 2.24) is 20.9 Å². The molecule has 7 nitrogen and oxygen atoms in total. The van der Waals surface area contributed by atoms with Crippen LogP contribution >= 0.6 is 0 Å². The smallest absolute Gasteiger partial charge is 0.315 e. The van der Waals surface area contributed by atoms with Crippen molar-refractivity contribution < 1.29 is 9.90 Å². The van der Waals surface area contributed by atoms with Gasteiger partial charge in [0.15, 0.2) is 0 Å². The third kappa shape index (κ3) is 5.24. The van der Waals surface area contributed by atoms with Crippen LogP contribution in [0.15, 0.2) is 24.4 Å². The molecule has 3 aliphatic rings. The first-order valence-electron chi connectivity index (χ1n) is 13.3. The lowest BCUT2D eigenvalue weighted by Crippen LogP contribution is -2.45. The van der Waals surface area contributed by atoms with E-state index in [0.717, 1.165) is 50.7 Å². The Labute approximate surface area is 202 Å². The molecule has 0 radical (unpaired) electrons. The van der Waals surface area contributed by atoms with E-state index in [4.69, 9.17) is 0 Å². The quantitative estimate of drug-likeness (QED) is 0.460. The summed E-state index contributed by atoms with van der Waals surface area (Å²) in [5, 5.41) is 22.1. The van der Waals surface area contributed by atoms with Crippen molar-refractivity contribution in [3.05, 3.63) is 30.0 Å². The lowest BCUT2D eigenvalue weighted by molar-refractivity contribution is 0.232. The first-order valence-corrected chi connectivity index (χ1v) is 13.3. The lowest BCUT2D eigenvalue weighted by atomic mass is 9.88. The van der Waals surface area contributed by atoms with Gasteiger partial charge >= 0.3 is 6.03 Å². The van der Waals surface area contributed by atoms with Crippen molar-refractivity contribution in [3.63, 3.8) is 0 Å². The molecule has 2 aromatic rings. The van der Waals surface area contributed by atoms with Crippen LogP contribution in [0.2, 0.25) is 0 Å². The number of aromatic hydroxyl groups is 1. The summed E-state index contributed by atoms with van der Waals surface area (Å²) in [7, 11) is 0. The van der Waals surface area contributed by atoms with E-state index in [2.05, 4.69) is 31.9 Å². The van der Waals surface area contributed by atoms with Crippen LogP contribution in [0.25, 0.3) is 10.8 Å². The number of anilines is 1. The number of hydrogen-bond acceptors (Lipinski definition) is 5. The maximum Gasteiger partial charge on any atom is 0.315 e. The molecule has 2 amide bonds. The number of nitrogens with zero attached hydrogens (tertiary/aromatic N) is 2. The molecule has 1 aliphatic heterocycles. The van der Waals surface area contributed by atoms with Crippen molar-refractivity contribution in [2.45, 2.75) is 88.8 Å². The number of urea groups is 1. The predicted octanol–water partition coefficient (Wildman–Crippen LogP) is 4.23. The highest BCUT2D eigenvalue weighted by Crippen LogP contribution is 2.39. The van der Waals surface area contributed by atoms with E-state index in [9.17, 15) is 9.90 Å². The SMILES string of the molecule is O=C(NCCCNC1CCC(N2CCc3cnc(O)c4cccc2c34)CC1)NC1CCCCC1. The zero-order valence-electron chi connectivity index (χ0n) is 20.2. The van der Waals surface area contributed by atoms with Crippen LogP contribution in [-0.4, -0.2) is 53.9 Å². The number of amides is 2. The van der Waals surface area contributed by atoms with Gasteiger partial charge < -0.3 is 26.0 Å². The molecule has 2 fully saturated rings. The molecule has 1 aromatic carbocycles. The van der Waals surface area contributed by atoms with Crippen molar-refractivity contribution in [1.29, 1.82) is 0 Å². The van der Waals surface area contributed by atoms with Gasteiger partial charge in [0.25, 0.3) is 0 Å². The van der Waals surface area contributed by atoms with Gasteiger partial charge in [-0.1, -0.05) is 25.3 Å². The summed E-state index contributed by atoms with van der Waals surface area (Å²) in [6.45, 7) is 2.69. The molecule has 2 aliphatic carbocycles. The van der Waals surface area contributed by atoms with Crippen molar-refractivity contribution in [2.75, 3.05) is 24.5 Å². The summed E-state index contributed by atoms with van der Waals surface area (Å²) in [4.78, 5) is 18.8. The number of hydrogen-bond donors (Lipinski definition) is 4. The molecule has 0 saturated heterocycles. The number of carbonyl (C=O) groups is 1. The minimum absolute atomic E-state index is 0.00497. The molecule has 4 N–H and O–H groups in total. The van der Waals surface area contributed by atoms with Gasteiger partial charge in [-0.2, -0.15) is 0 Å². The van der Waals surface area contributed by atoms with E-state index < -0.39 is 0 Å². The average Bonchev–Trinajstić information content (AvgIpc) is 2.87. The van der Waals surface area contributed by atoms with Crippen LogP contribution < -0.4 is 20.9 Å². The molecule has 0 bridgehead atoms. The van der Waals surface area contributed by atoms with Gasteiger partial charge in [0.05, 0.1) is 0 Å². The first-order chi connectivity index (χ1) is 16.7. The molecule has 1 aromatic heterocycles. The summed E-state index contributed by atoms with van der Waals surface area (Å²) >= 11 is 0. The van der Waals surface area contributed by atoms with Crippen LogP contribution in [0, 0.1) is 0 Å².